The van der Waals surface area contributed by atoms with E-state index >= 15 is 0 Å². The van der Waals surface area contributed by atoms with Gasteiger partial charge in [0.15, 0.2) is 5.82 Å². The van der Waals surface area contributed by atoms with Gasteiger partial charge in [-0.25, -0.2) is 4.39 Å². The van der Waals surface area contributed by atoms with Gasteiger partial charge in [0.25, 0.3) is 0 Å². The van der Waals surface area contributed by atoms with Crippen molar-refractivity contribution in [1.82, 2.24) is 10.1 Å². The molecule has 0 aliphatic heterocycles. The molecule has 0 aliphatic rings. The van der Waals surface area contributed by atoms with Crippen LogP contribution in [0.5, 0.6) is 0 Å². The van der Waals surface area contributed by atoms with Crippen molar-refractivity contribution in [2.45, 2.75) is 0 Å². The molecule has 0 atom stereocenters. The minimum absolute atomic E-state index is 0.0104. The molecule has 0 radical (unpaired) electrons. The SMILES string of the molecule is Nc1onc(-c2ccncc2F)c1-c1c(Cl)cccc1Cl. The topological polar surface area (TPSA) is 64.9 Å². The van der Waals surface area contributed by atoms with Crippen LogP contribution in [0.3, 0.4) is 0 Å². The first kappa shape index (κ1) is 13.9. The second kappa shape index (κ2) is 5.35. The fourth-order valence-corrected chi connectivity index (χ4v) is 2.62. The van der Waals surface area contributed by atoms with Crippen LogP contribution in [-0.2, 0) is 0 Å². The molecule has 3 aromatic rings. The molecule has 4 nitrogen and oxygen atoms in total. The van der Waals surface area contributed by atoms with Gasteiger partial charge < -0.3 is 10.3 Å². The molecule has 0 amide bonds. The zero-order valence-corrected chi connectivity index (χ0v) is 12.0. The predicted molar refractivity (Wildman–Crippen MR) is 79.6 cm³/mol. The van der Waals surface area contributed by atoms with Crippen molar-refractivity contribution in [2.75, 3.05) is 5.73 Å². The summed E-state index contributed by atoms with van der Waals surface area (Å²) >= 11 is 12.4. The molecular weight excluding hydrogens is 316 g/mol. The van der Waals surface area contributed by atoms with Crippen molar-refractivity contribution >= 4 is 29.1 Å². The highest BCUT2D eigenvalue weighted by atomic mass is 35.5. The molecule has 0 spiro atoms. The van der Waals surface area contributed by atoms with Gasteiger partial charge in [-0.3, -0.25) is 4.98 Å². The molecule has 2 aromatic heterocycles. The highest BCUT2D eigenvalue weighted by Crippen LogP contribution is 2.43. The van der Waals surface area contributed by atoms with E-state index in [9.17, 15) is 4.39 Å². The Morgan fingerprint density at radius 2 is 1.81 bits per heavy atom. The van der Waals surface area contributed by atoms with Crippen molar-refractivity contribution < 1.29 is 8.91 Å². The van der Waals surface area contributed by atoms with E-state index in [0.717, 1.165) is 6.20 Å². The van der Waals surface area contributed by atoms with Gasteiger partial charge in [0.1, 0.15) is 5.69 Å². The zero-order valence-electron chi connectivity index (χ0n) is 10.5. The van der Waals surface area contributed by atoms with Crippen LogP contribution in [0, 0.1) is 5.82 Å². The summed E-state index contributed by atoms with van der Waals surface area (Å²) < 4.78 is 18.9. The molecule has 106 valence electrons. The van der Waals surface area contributed by atoms with E-state index in [4.69, 9.17) is 33.5 Å². The van der Waals surface area contributed by atoms with E-state index in [1.54, 1.807) is 18.2 Å². The predicted octanol–water partition coefficient (Wildman–Crippen LogP) is 4.43. The smallest absolute Gasteiger partial charge is 0.230 e. The van der Waals surface area contributed by atoms with Gasteiger partial charge in [-0.05, 0) is 18.2 Å². The number of hydrogen-bond donors (Lipinski definition) is 1. The van der Waals surface area contributed by atoms with Crippen LogP contribution >= 0.6 is 23.2 Å². The first-order chi connectivity index (χ1) is 10.1. The van der Waals surface area contributed by atoms with Gasteiger partial charge in [-0.2, -0.15) is 0 Å². The lowest BCUT2D eigenvalue weighted by Gasteiger charge is -2.07. The second-order valence-corrected chi connectivity index (χ2v) is 5.04. The van der Waals surface area contributed by atoms with Crippen molar-refractivity contribution in [3.05, 3.63) is 52.5 Å². The third kappa shape index (κ3) is 2.34. The van der Waals surface area contributed by atoms with Gasteiger partial charge >= 0.3 is 0 Å². The van der Waals surface area contributed by atoms with Crippen LogP contribution in [0.25, 0.3) is 22.4 Å². The summed E-state index contributed by atoms with van der Waals surface area (Å²) in [5.74, 6) is -0.536. The number of aromatic nitrogens is 2. The van der Waals surface area contributed by atoms with Gasteiger partial charge in [0, 0.05) is 17.3 Å². The van der Waals surface area contributed by atoms with E-state index in [0.29, 0.717) is 21.2 Å². The van der Waals surface area contributed by atoms with E-state index in [-0.39, 0.29) is 17.1 Å². The molecule has 2 N–H and O–H groups in total. The van der Waals surface area contributed by atoms with Crippen molar-refractivity contribution in [3.63, 3.8) is 0 Å². The average molecular weight is 324 g/mol. The van der Waals surface area contributed by atoms with E-state index < -0.39 is 5.82 Å². The first-order valence-electron chi connectivity index (χ1n) is 5.89. The normalized spacial score (nSPS) is 10.8. The van der Waals surface area contributed by atoms with E-state index in [2.05, 4.69) is 10.1 Å². The lowest BCUT2D eigenvalue weighted by atomic mass is 10.0. The third-order valence-corrected chi connectivity index (χ3v) is 3.59. The summed E-state index contributed by atoms with van der Waals surface area (Å²) in [6.45, 7) is 0. The highest BCUT2D eigenvalue weighted by molar-refractivity contribution is 6.39. The highest BCUT2D eigenvalue weighted by Gasteiger charge is 2.23. The monoisotopic (exact) mass is 323 g/mol. The maximum Gasteiger partial charge on any atom is 0.230 e. The molecule has 3 rings (SSSR count). The Labute approximate surface area is 129 Å². The van der Waals surface area contributed by atoms with Crippen molar-refractivity contribution in [3.8, 4) is 22.4 Å². The number of benzene rings is 1. The number of hydrogen-bond acceptors (Lipinski definition) is 4. The number of nitrogens with zero attached hydrogens (tertiary/aromatic N) is 2. The number of pyridine rings is 1. The molecule has 0 bridgehead atoms. The molecule has 0 fully saturated rings. The molecule has 21 heavy (non-hydrogen) atoms. The Bertz CT molecular complexity index is 799. The second-order valence-electron chi connectivity index (χ2n) is 4.22. The summed E-state index contributed by atoms with van der Waals surface area (Å²) in [6.07, 6.45) is 2.53. The fourth-order valence-electron chi connectivity index (χ4n) is 2.03. The van der Waals surface area contributed by atoms with Crippen LogP contribution in [-0.4, -0.2) is 10.1 Å². The maximum atomic E-state index is 13.9. The van der Waals surface area contributed by atoms with Gasteiger partial charge in [0.05, 0.1) is 21.8 Å². The summed E-state index contributed by atoms with van der Waals surface area (Å²) in [5.41, 5.74) is 7.05. The number of anilines is 1. The van der Waals surface area contributed by atoms with Crippen LogP contribution in [0.4, 0.5) is 10.3 Å². The van der Waals surface area contributed by atoms with Gasteiger partial charge in [-0.1, -0.05) is 34.4 Å². The molecular formula is C14H8Cl2FN3O. The Balaban J connectivity index is 2.31. The van der Waals surface area contributed by atoms with Crippen LogP contribution in [0.2, 0.25) is 10.0 Å². The molecule has 0 unspecified atom stereocenters. The Kier molecular flexibility index (Phi) is 3.53. The molecule has 1 aromatic carbocycles. The van der Waals surface area contributed by atoms with Crippen molar-refractivity contribution in [1.29, 1.82) is 0 Å². The first-order valence-corrected chi connectivity index (χ1v) is 6.64. The fraction of sp³-hybridized carbons (Fsp3) is 0. The number of halogens is 3. The lowest BCUT2D eigenvalue weighted by molar-refractivity contribution is 0.439. The number of rotatable bonds is 2. The van der Waals surface area contributed by atoms with E-state index in [1.165, 1.54) is 12.3 Å². The minimum Gasteiger partial charge on any atom is -0.367 e. The third-order valence-electron chi connectivity index (χ3n) is 2.96. The van der Waals surface area contributed by atoms with Crippen LogP contribution in [0.15, 0.2) is 41.2 Å². The standard InChI is InChI=1S/C14H8Cl2FN3O/c15-8-2-1-3-9(16)11(8)12-13(20-21-14(12)18)7-4-5-19-6-10(7)17/h1-6H,18H2. The Morgan fingerprint density at radius 1 is 1.10 bits per heavy atom. The van der Waals surface area contributed by atoms with Gasteiger partial charge in [-0.15, -0.1) is 0 Å². The lowest BCUT2D eigenvalue weighted by Crippen LogP contribution is -1.92. The van der Waals surface area contributed by atoms with Crippen LogP contribution < -0.4 is 5.73 Å². The van der Waals surface area contributed by atoms with Crippen molar-refractivity contribution in [2.24, 2.45) is 0 Å². The largest absolute Gasteiger partial charge is 0.367 e. The zero-order chi connectivity index (χ0) is 15.0. The summed E-state index contributed by atoms with van der Waals surface area (Å²) in [6, 6.07) is 6.48. The number of nitrogens with two attached hydrogens (primary N) is 1. The summed E-state index contributed by atoms with van der Waals surface area (Å²) in [4.78, 5) is 3.70. The molecule has 0 aliphatic carbocycles. The minimum atomic E-state index is -0.546. The Hall–Kier alpha value is -2.11. The molecule has 2 heterocycles. The van der Waals surface area contributed by atoms with Gasteiger partial charge in [0.2, 0.25) is 5.88 Å². The maximum absolute atomic E-state index is 13.9. The summed E-state index contributed by atoms with van der Waals surface area (Å²) in [7, 11) is 0. The average Bonchev–Trinajstić information content (AvgIpc) is 2.81. The van der Waals surface area contributed by atoms with E-state index in [1.807, 2.05) is 0 Å². The van der Waals surface area contributed by atoms with Crippen LogP contribution in [0.1, 0.15) is 0 Å². The molecule has 0 saturated carbocycles. The number of nitrogen functional groups attached to an aromatic ring is 1. The summed E-state index contributed by atoms with van der Waals surface area (Å²) in [5, 5.41) is 4.56. The molecule has 7 heteroatoms. The Morgan fingerprint density at radius 3 is 2.48 bits per heavy atom. The quantitative estimate of drug-likeness (QED) is 0.757. The molecule has 0 saturated heterocycles.